The molecule has 0 atom stereocenters. The Bertz CT molecular complexity index is 482. The van der Waals surface area contributed by atoms with E-state index in [9.17, 15) is 4.79 Å². The van der Waals surface area contributed by atoms with Gasteiger partial charge >= 0.3 is 0 Å². The number of nitrogens with two attached hydrogens (primary N) is 1. The molecule has 22 heavy (non-hydrogen) atoms. The number of hydrogen-bond acceptors (Lipinski definition) is 3. The van der Waals surface area contributed by atoms with Crippen LogP contribution >= 0.6 is 0 Å². The summed E-state index contributed by atoms with van der Waals surface area (Å²) >= 11 is 0. The number of ether oxygens (including phenoxy) is 1. The van der Waals surface area contributed by atoms with E-state index in [1.54, 1.807) is 0 Å². The highest BCUT2D eigenvalue weighted by Crippen LogP contribution is 2.28. The Labute approximate surface area is 133 Å². The van der Waals surface area contributed by atoms with Crippen molar-refractivity contribution in [3.8, 4) is 5.75 Å². The van der Waals surface area contributed by atoms with Gasteiger partial charge in [-0.3, -0.25) is 4.79 Å². The van der Waals surface area contributed by atoms with Crippen LogP contribution in [0.15, 0.2) is 24.3 Å². The maximum atomic E-state index is 12.0. The van der Waals surface area contributed by atoms with E-state index in [2.05, 4.69) is 5.32 Å². The summed E-state index contributed by atoms with van der Waals surface area (Å²) in [6, 6.07) is 8.03. The van der Waals surface area contributed by atoms with Crippen molar-refractivity contribution in [3.63, 3.8) is 0 Å². The molecular weight excluding hydrogens is 276 g/mol. The van der Waals surface area contributed by atoms with Gasteiger partial charge in [-0.2, -0.15) is 0 Å². The Morgan fingerprint density at radius 3 is 2.77 bits per heavy atom. The number of carbonyl (C=O) groups is 1. The normalized spacial score (nSPS) is 16.5. The summed E-state index contributed by atoms with van der Waals surface area (Å²) in [5.74, 6) is 1.03. The monoisotopic (exact) mass is 304 g/mol. The second-order valence-electron chi connectivity index (χ2n) is 6.36. The number of nitrogens with one attached hydrogen (secondary N) is 1. The third-order valence-corrected chi connectivity index (χ3v) is 4.41. The summed E-state index contributed by atoms with van der Waals surface area (Å²) in [7, 11) is 0. The van der Waals surface area contributed by atoms with Crippen LogP contribution in [0.5, 0.6) is 5.75 Å². The van der Waals surface area contributed by atoms with E-state index in [4.69, 9.17) is 10.5 Å². The molecule has 4 nitrogen and oxygen atoms in total. The number of rotatable bonds is 8. The molecule has 0 unspecified atom stereocenters. The molecule has 122 valence electrons. The fourth-order valence-corrected chi connectivity index (χ4v) is 3.07. The van der Waals surface area contributed by atoms with Gasteiger partial charge < -0.3 is 15.8 Å². The van der Waals surface area contributed by atoms with Gasteiger partial charge in [-0.1, -0.05) is 25.0 Å². The van der Waals surface area contributed by atoms with Crippen molar-refractivity contribution in [2.75, 3.05) is 13.2 Å². The quantitative estimate of drug-likeness (QED) is 0.726. The van der Waals surface area contributed by atoms with Gasteiger partial charge in [0, 0.05) is 13.0 Å². The minimum Gasteiger partial charge on any atom is -0.494 e. The molecule has 1 saturated carbocycles. The Balaban J connectivity index is 1.61. The van der Waals surface area contributed by atoms with Crippen LogP contribution in [0.25, 0.3) is 0 Å². The van der Waals surface area contributed by atoms with Gasteiger partial charge in [0.1, 0.15) is 5.75 Å². The fourth-order valence-electron chi connectivity index (χ4n) is 3.07. The average Bonchev–Trinajstić information content (AvgIpc) is 2.96. The SMILES string of the molecule is Cc1cccc(OCCCCC(=O)NC2(CN)CCCC2)c1. The van der Waals surface area contributed by atoms with Crippen molar-refractivity contribution >= 4 is 5.91 Å². The Kier molecular flexibility index (Phi) is 6.25. The van der Waals surface area contributed by atoms with Gasteiger partial charge in [0.25, 0.3) is 0 Å². The summed E-state index contributed by atoms with van der Waals surface area (Å²) in [5, 5.41) is 3.15. The van der Waals surface area contributed by atoms with E-state index in [0.29, 0.717) is 19.6 Å². The topological polar surface area (TPSA) is 64.3 Å². The van der Waals surface area contributed by atoms with Crippen LogP contribution < -0.4 is 15.8 Å². The molecule has 1 aliphatic carbocycles. The first kappa shape index (κ1) is 16.8. The van der Waals surface area contributed by atoms with Crippen LogP contribution in [-0.4, -0.2) is 24.6 Å². The van der Waals surface area contributed by atoms with E-state index < -0.39 is 0 Å². The minimum absolute atomic E-state index is 0.128. The van der Waals surface area contributed by atoms with E-state index in [1.807, 2.05) is 31.2 Å². The molecule has 0 spiro atoms. The summed E-state index contributed by atoms with van der Waals surface area (Å²) in [6.07, 6.45) is 6.66. The number of hydrogen-bond donors (Lipinski definition) is 2. The van der Waals surface area contributed by atoms with E-state index >= 15 is 0 Å². The Hall–Kier alpha value is -1.55. The Morgan fingerprint density at radius 1 is 1.32 bits per heavy atom. The first-order valence-corrected chi connectivity index (χ1v) is 8.34. The fraction of sp³-hybridized carbons (Fsp3) is 0.611. The zero-order chi connectivity index (χ0) is 15.8. The third-order valence-electron chi connectivity index (χ3n) is 4.41. The number of carbonyl (C=O) groups excluding carboxylic acids is 1. The number of benzene rings is 1. The van der Waals surface area contributed by atoms with Gasteiger partial charge in [-0.05, 0) is 50.3 Å². The van der Waals surface area contributed by atoms with Gasteiger partial charge in [0.2, 0.25) is 5.91 Å². The lowest BCUT2D eigenvalue weighted by Gasteiger charge is -2.28. The second kappa shape index (κ2) is 8.18. The van der Waals surface area contributed by atoms with Crippen LogP contribution in [0, 0.1) is 6.92 Å². The second-order valence-corrected chi connectivity index (χ2v) is 6.36. The van der Waals surface area contributed by atoms with Crippen molar-refractivity contribution < 1.29 is 9.53 Å². The summed E-state index contributed by atoms with van der Waals surface area (Å²) in [6.45, 7) is 3.25. The molecule has 1 amide bonds. The zero-order valence-corrected chi connectivity index (χ0v) is 13.6. The highest BCUT2D eigenvalue weighted by Gasteiger charge is 2.33. The Morgan fingerprint density at radius 2 is 2.09 bits per heavy atom. The molecule has 0 aliphatic heterocycles. The summed E-state index contributed by atoms with van der Waals surface area (Å²) in [5.41, 5.74) is 6.90. The lowest BCUT2D eigenvalue weighted by Crippen LogP contribution is -2.51. The van der Waals surface area contributed by atoms with Crippen LogP contribution in [0.2, 0.25) is 0 Å². The molecule has 1 fully saturated rings. The van der Waals surface area contributed by atoms with Gasteiger partial charge in [0.05, 0.1) is 12.1 Å². The van der Waals surface area contributed by atoms with Crippen molar-refractivity contribution in [2.45, 2.75) is 57.4 Å². The number of aryl methyl sites for hydroxylation is 1. The zero-order valence-electron chi connectivity index (χ0n) is 13.6. The smallest absolute Gasteiger partial charge is 0.220 e. The largest absolute Gasteiger partial charge is 0.494 e. The molecule has 1 aromatic carbocycles. The van der Waals surface area contributed by atoms with Crippen LogP contribution in [-0.2, 0) is 4.79 Å². The predicted molar refractivity (Wildman–Crippen MR) is 88.9 cm³/mol. The molecule has 1 aliphatic rings. The molecule has 3 N–H and O–H groups in total. The molecule has 0 radical (unpaired) electrons. The summed E-state index contributed by atoms with van der Waals surface area (Å²) in [4.78, 5) is 12.0. The molecule has 0 heterocycles. The van der Waals surface area contributed by atoms with E-state index in [0.717, 1.165) is 31.4 Å². The highest BCUT2D eigenvalue weighted by atomic mass is 16.5. The van der Waals surface area contributed by atoms with E-state index in [1.165, 1.54) is 18.4 Å². The molecule has 0 saturated heterocycles. The van der Waals surface area contributed by atoms with Gasteiger partial charge in [0.15, 0.2) is 0 Å². The molecule has 1 aromatic rings. The van der Waals surface area contributed by atoms with Crippen molar-refractivity contribution in [1.29, 1.82) is 0 Å². The lowest BCUT2D eigenvalue weighted by molar-refractivity contribution is -0.123. The maximum Gasteiger partial charge on any atom is 0.220 e. The van der Waals surface area contributed by atoms with Crippen LogP contribution in [0.1, 0.15) is 50.5 Å². The number of amides is 1. The lowest BCUT2D eigenvalue weighted by atomic mass is 9.97. The maximum absolute atomic E-state index is 12.0. The first-order valence-electron chi connectivity index (χ1n) is 8.34. The third kappa shape index (κ3) is 5.02. The molecule has 4 heteroatoms. The summed E-state index contributed by atoms with van der Waals surface area (Å²) < 4.78 is 5.69. The van der Waals surface area contributed by atoms with Crippen molar-refractivity contribution in [2.24, 2.45) is 5.73 Å². The average molecular weight is 304 g/mol. The van der Waals surface area contributed by atoms with Gasteiger partial charge in [-0.25, -0.2) is 0 Å². The van der Waals surface area contributed by atoms with Crippen LogP contribution in [0.3, 0.4) is 0 Å². The molecule has 0 aromatic heterocycles. The molecule has 2 rings (SSSR count). The van der Waals surface area contributed by atoms with Crippen LogP contribution in [0.4, 0.5) is 0 Å². The number of unbranched alkanes of at least 4 members (excludes halogenated alkanes) is 1. The highest BCUT2D eigenvalue weighted by molar-refractivity contribution is 5.76. The van der Waals surface area contributed by atoms with Crippen molar-refractivity contribution in [1.82, 2.24) is 5.32 Å². The van der Waals surface area contributed by atoms with Crippen molar-refractivity contribution in [3.05, 3.63) is 29.8 Å². The molecule has 0 bridgehead atoms. The standard InChI is InChI=1S/C18H28N2O2/c1-15-7-6-8-16(13-15)22-12-5-2-9-17(21)20-18(14-19)10-3-4-11-18/h6-8,13H,2-5,9-12,14,19H2,1H3,(H,20,21). The van der Waals surface area contributed by atoms with E-state index in [-0.39, 0.29) is 11.4 Å². The molecular formula is C18H28N2O2. The first-order chi connectivity index (χ1) is 10.6. The predicted octanol–water partition coefficient (Wildman–Crippen LogP) is 2.93. The minimum atomic E-state index is -0.130. The van der Waals surface area contributed by atoms with Gasteiger partial charge in [-0.15, -0.1) is 0 Å².